The maximum absolute atomic E-state index is 12.8. The number of carbonyl (C=O) groups excluding carboxylic acids is 2. The molecule has 34 heavy (non-hydrogen) atoms. The van der Waals surface area contributed by atoms with Gasteiger partial charge >= 0.3 is 12.0 Å². The summed E-state index contributed by atoms with van der Waals surface area (Å²) in [6.45, 7) is 4.68. The molecule has 178 valence electrons. The van der Waals surface area contributed by atoms with Crippen LogP contribution in [0.2, 0.25) is 0 Å². The van der Waals surface area contributed by atoms with Crippen LogP contribution in [0.3, 0.4) is 0 Å². The number of carboxylic acids is 1. The van der Waals surface area contributed by atoms with Gasteiger partial charge in [-0.2, -0.15) is 0 Å². The van der Waals surface area contributed by atoms with Crippen LogP contribution in [0.15, 0.2) is 42.5 Å². The fourth-order valence-corrected chi connectivity index (χ4v) is 5.69. The molecule has 5 rings (SSSR count). The first kappa shape index (κ1) is 22.4. The van der Waals surface area contributed by atoms with Crippen LogP contribution in [-0.2, 0) is 11.2 Å². The first-order valence-electron chi connectivity index (χ1n) is 12.1. The lowest BCUT2D eigenvalue weighted by atomic mass is 9.87. The Morgan fingerprint density at radius 1 is 1.06 bits per heavy atom. The first-order valence-corrected chi connectivity index (χ1v) is 12.1. The molecule has 2 aromatic carbocycles. The van der Waals surface area contributed by atoms with Crippen molar-refractivity contribution < 1.29 is 19.5 Å². The lowest BCUT2D eigenvalue weighted by Gasteiger charge is -2.49. The van der Waals surface area contributed by atoms with Gasteiger partial charge in [0.25, 0.3) is 0 Å². The van der Waals surface area contributed by atoms with E-state index in [9.17, 15) is 19.5 Å². The molecule has 7 heteroatoms. The third-order valence-corrected chi connectivity index (χ3v) is 7.73. The quantitative estimate of drug-likeness (QED) is 0.727. The van der Waals surface area contributed by atoms with Crippen molar-refractivity contribution >= 4 is 17.9 Å². The summed E-state index contributed by atoms with van der Waals surface area (Å²) in [5.41, 5.74) is 4.19. The highest BCUT2D eigenvalue weighted by Crippen LogP contribution is 2.32. The van der Waals surface area contributed by atoms with Crippen LogP contribution in [0.25, 0.3) is 11.1 Å². The van der Waals surface area contributed by atoms with Gasteiger partial charge in [-0.1, -0.05) is 36.4 Å². The summed E-state index contributed by atoms with van der Waals surface area (Å²) in [7, 11) is 0. The molecular weight excluding hydrogens is 430 g/mol. The van der Waals surface area contributed by atoms with Gasteiger partial charge in [0, 0.05) is 32.6 Å². The number of carboxylic acid groups (broad SMARTS) is 1. The Morgan fingerprint density at radius 2 is 1.76 bits per heavy atom. The van der Waals surface area contributed by atoms with Gasteiger partial charge in [0.05, 0.1) is 11.1 Å². The SMILES string of the molecule is Cc1c(C(=O)O)cccc1-c1ccc(CC2CCN(C(=O)N3CC4(CCC(=O)N4)C3)CC2)cc1. The predicted molar refractivity (Wildman–Crippen MR) is 129 cm³/mol. The van der Waals surface area contributed by atoms with E-state index in [1.807, 2.05) is 22.8 Å². The maximum atomic E-state index is 12.8. The van der Waals surface area contributed by atoms with Crippen LogP contribution < -0.4 is 5.32 Å². The topological polar surface area (TPSA) is 90.0 Å². The van der Waals surface area contributed by atoms with E-state index in [0.717, 1.165) is 55.5 Å². The number of nitrogens with one attached hydrogen (secondary N) is 1. The molecular formula is C27H31N3O4. The van der Waals surface area contributed by atoms with E-state index < -0.39 is 5.97 Å². The summed E-state index contributed by atoms with van der Waals surface area (Å²) >= 11 is 0. The lowest BCUT2D eigenvalue weighted by Crippen LogP contribution is -2.70. The highest BCUT2D eigenvalue weighted by atomic mass is 16.4. The fourth-order valence-electron chi connectivity index (χ4n) is 5.69. The Morgan fingerprint density at radius 3 is 2.38 bits per heavy atom. The van der Waals surface area contributed by atoms with Gasteiger partial charge in [-0.05, 0) is 66.8 Å². The highest BCUT2D eigenvalue weighted by Gasteiger charge is 2.50. The third kappa shape index (κ3) is 4.27. The normalized spacial score (nSPS) is 19.7. The van der Waals surface area contributed by atoms with Gasteiger partial charge in [0.1, 0.15) is 0 Å². The van der Waals surface area contributed by atoms with E-state index >= 15 is 0 Å². The molecule has 7 nitrogen and oxygen atoms in total. The monoisotopic (exact) mass is 461 g/mol. The summed E-state index contributed by atoms with van der Waals surface area (Å²) in [5, 5.41) is 12.4. The number of hydrogen-bond donors (Lipinski definition) is 2. The molecule has 0 aliphatic carbocycles. The molecule has 3 heterocycles. The zero-order chi connectivity index (χ0) is 23.9. The minimum atomic E-state index is -0.903. The van der Waals surface area contributed by atoms with E-state index in [1.54, 1.807) is 12.1 Å². The van der Waals surface area contributed by atoms with Crippen LogP contribution >= 0.6 is 0 Å². The van der Waals surface area contributed by atoms with Crippen molar-refractivity contribution in [3.05, 3.63) is 59.2 Å². The Bertz CT molecular complexity index is 1110. The number of rotatable bonds is 4. The average molecular weight is 462 g/mol. The number of benzene rings is 2. The minimum Gasteiger partial charge on any atom is -0.478 e. The number of hydrogen-bond acceptors (Lipinski definition) is 3. The number of amides is 3. The summed E-state index contributed by atoms with van der Waals surface area (Å²) in [6, 6.07) is 13.9. The van der Waals surface area contributed by atoms with E-state index in [-0.39, 0.29) is 17.5 Å². The van der Waals surface area contributed by atoms with Crippen molar-refractivity contribution in [3.63, 3.8) is 0 Å². The van der Waals surface area contributed by atoms with E-state index in [2.05, 4.69) is 29.6 Å². The number of aromatic carboxylic acids is 1. The molecule has 2 N–H and O–H groups in total. The van der Waals surface area contributed by atoms with E-state index in [0.29, 0.717) is 31.0 Å². The number of urea groups is 1. The summed E-state index contributed by atoms with van der Waals surface area (Å²) in [6.07, 6.45) is 4.37. The molecule has 0 saturated carbocycles. The van der Waals surface area contributed by atoms with E-state index in [4.69, 9.17) is 0 Å². The van der Waals surface area contributed by atoms with Crippen molar-refractivity contribution in [3.8, 4) is 11.1 Å². The molecule has 3 saturated heterocycles. The second kappa shape index (κ2) is 8.78. The largest absolute Gasteiger partial charge is 0.478 e. The second-order valence-electron chi connectivity index (χ2n) is 10.1. The Labute approximate surface area is 199 Å². The highest BCUT2D eigenvalue weighted by molar-refractivity contribution is 5.92. The van der Waals surface area contributed by atoms with Gasteiger partial charge in [-0.15, -0.1) is 0 Å². The zero-order valence-electron chi connectivity index (χ0n) is 19.5. The van der Waals surface area contributed by atoms with Gasteiger partial charge in [-0.3, -0.25) is 4.79 Å². The van der Waals surface area contributed by atoms with Crippen LogP contribution in [0, 0.1) is 12.8 Å². The molecule has 3 aliphatic rings. The summed E-state index contributed by atoms with van der Waals surface area (Å²) in [5.74, 6) is -0.256. The molecule has 0 atom stereocenters. The predicted octanol–water partition coefficient (Wildman–Crippen LogP) is 3.70. The molecule has 3 amide bonds. The summed E-state index contributed by atoms with van der Waals surface area (Å²) in [4.78, 5) is 39.6. The Hall–Kier alpha value is -3.35. The van der Waals surface area contributed by atoms with Gasteiger partial charge in [0.15, 0.2) is 0 Å². The van der Waals surface area contributed by atoms with Crippen molar-refractivity contribution in [2.75, 3.05) is 26.2 Å². The molecule has 1 spiro atoms. The van der Waals surface area contributed by atoms with Gasteiger partial charge in [-0.25, -0.2) is 9.59 Å². The molecule has 0 radical (unpaired) electrons. The zero-order valence-corrected chi connectivity index (χ0v) is 19.5. The van der Waals surface area contributed by atoms with Crippen LogP contribution in [-0.4, -0.2) is 64.5 Å². The smallest absolute Gasteiger partial charge is 0.335 e. The number of likely N-dealkylation sites (tertiary alicyclic amines) is 2. The molecule has 0 unspecified atom stereocenters. The Balaban J connectivity index is 1.13. The molecule has 3 fully saturated rings. The van der Waals surface area contributed by atoms with Gasteiger partial charge < -0.3 is 20.2 Å². The van der Waals surface area contributed by atoms with E-state index in [1.165, 1.54) is 5.56 Å². The standard InChI is InChI=1S/C27H31N3O4/c1-18-22(3-2-4-23(18)25(32)33)21-7-5-19(6-8-21)15-20-10-13-29(14-11-20)26(34)30-16-27(17-30)12-9-24(31)28-27/h2-8,20H,9-17H2,1H3,(H,28,31)(H,32,33). The maximum Gasteiger partial charge on any atom is 0.335 e. The molecule has 0 aromatic heterocycles. The molecule has 2 aromatic rings. The molecule has 0 bridgehead atoms. The second-order valence-corrected chi connectivity index (χ2v) is 10.1. The van der Waals surface area contributed by atoms with Crippen molar-refractivity contribution in [1.82, 2.24) is 15.1 Å². The lowest BCUT2D eigenvalue weighted by molar-refractivity contribution is -0.120. The Kier molecular flexibility index (Phi) is 5.80. The fraction of sp³-hybridized carbons (Fsp3) is 0.444. The number of piperidine rings is 1. The third-order valence-electron chi connectivity index (χ3n) is 7.73. The number of nitrogens with zero attached hydrogens (tertiary/aromatic N) is 2. The van der Waals surface area contributed by atoms with Crippen LogP contribution in [0.4, 0.5) is 4.79 Å². The average Bonchev–Trinajstić information content (AvgIpc) is 3.21. The van der Waals surface area contributed by atoms with Gasteiger partial charge in [0.2, 0.25) is 5.91 Å². The van der Waals surface area contributed by atoms with Crippen molar-refractivity contribution in [2.45, 2.75) is 44.6 Å². The van der Waals surface area contributed by atoms with Crippen LogP contribution in [0.5, 0.6) is 0 Å². The number of carbonyl (C=O) groups is 3. The van der Waals surface area contributed by atoms with Crippen molar-refractivity contribution in [1.29, 1.82) is 0 Å². The molecule has 3 aliphatic heterocycles. The minimum absolute atomic E-state index is 0.102. The van der Waals surface area contributed by atoms with Crippen molar-refractivity contribution in [2.24, 2.45) is 5.92 Å². The summed E-state index contributed by atoms with van der Waals surface area (Å²) < 4.78 is 0. The first-order chi connectivity index (χ1) is 16.3. The van der Waals surface area contributed by atoms with Crippen LogP contribution in [0.1, 0.15) is 47.2 Å².